The molecule has 1 aromatic rings. The van der Waals surface area contributed by atoms with Crippen LogP contribution >= 0.6 is 12.4 Å². The van der Waals surface area contributed by atoms with E-state index in [0.29, 0.717) is 19.4 Å². The lowest BCUT2D eigenvalue weighted by atomic mass is 10.1. The summed E-state index contributed by atoms with van der Waals surface area (Å²) < 4.78 is 50.6. The number of ether oxygens (including phenoxy) is 2. The molecule has 0 aromatic heterocycles. The molecular formula is C17H24ClF3N2O3. The number of alkyl halides is 3. The highest BCUT2D eigenvalue weighted by molar-refractivity contribution is 5.85. The van der Waals surface area contributed by atoms with E-state index in [4.69, 9.17) is 15.2 Å². The fourth-order valence-electron chi connectivity index (χ4n) is 2.69. The maximum Gasteiger partial charge on any atom is 0.416 e. The molecule has 148 valence electrons. The zero-order chi connectivity index (χ0) is 18.6. The van der Waals surface area contributed by atoms with Gasteiger partial charge in [-0.05, 0) is 44.4 Å². The van der Waals surface area contributed by atoms with Crippen LogP contribution in [0.4, 0.5) is 13.2 Å². The Morgan fingerprint density at radius 2 is 2.08 bits per heavy atom. The largest absolute Gasteiger partial charge is 0.491 e. The monoisotopic (exact) mass is 396 g/mol. The van der Waals surface area contributed by atoms with Crippen molar-refractivity contribution in [3.05, 3.63) is 29.3 Å². The van der Waals surface area contributed by atoms with Crippen molar-refractivity contribution in [2.45, 2.75) is 57.7 Å². The molecule has 5 nitrogen and oxygen atoms in total. The first-order valence-corrected chi connectivity index (χ1v) is 8.20. The first kappa shape index (κ1) is 22.5. The number of carbonyl (C=O) groups is 1. The number of hydrogen-bond donors (Lipinski definition) is 2. The van der Waals surface area contributed by atoms with Gasteiger partial charge in [0.15, 0.2) is 0 Å². The zero-order valence-electron chi connectivity index (χ0n) is 14.6. The summed E-state index contributed by atoms with van der Waals surface area (Å²) in [7, 11) is 0. The first-order chi connectivity index (χ1) is 11.7. The summed E-state index contributed by atoms with van der Waals surface area (Å²) >= 11 is 0. The van der Waals surface area contributed by atoms with Crippen molar-refractivity contribution in [1.29, 1.82) is 0 Å². The Morgan fingerprint density at radius 1 is 1.38 bits per heavy atom. The minimum Gasteiger partial charge on any atom is -0.491 e. The van der Waals surface area contributed by atoms with E-state index < -0.39 is 23.8 Å². The van der Waals surface area contributed by atoms with E-state index in [1.54, 1.807) is 13.8 Å². The third kappa shape index (κ3) is 6.03. The Hall–Kier alpha value is -1.51. The molecule has 1 aliphatic heterocycles. The van der Waals surface area contributed by atoms with Gasteiger partial charge >= 0.3 is 6.18 Å². The van der Waals surface area contributed by atoms with Gasteiger partial charge in [0.25, 0.3) is 0 Å². The van der Waals surface area contributed by atoms with Crippen LogP contribution in [0, 0.1) is 0 Å². The molecule has 1 aliphatic rings. The number of benzene rings is 1. The molecule has 0 saturated carbocycles. The normalized spacial score (nSPS) is 20.0. The van der Waals surface area contributed by atoms with Crippen molar-refractivity contribution < 1.29 is 27.4 Å². The fraction of sp³-hybridized carbons (Fsp3) is 0.588. The van der Waals surface area contributed by atoms with Gasteiger partial charge in [0.1, 0.15) is 11.9 Å². The number of halogens is 4. The van der Waals surface area contributed by atoms with Crippen LogP contribution in [0.5, 0.6) is 5.75 Å². The van der Waals surface area contributed by atoms with Crippen LogP contribution in [-0.2, 0) is 22.3 Å². The summed E-state index contributed by atoms with van der Waals surface area (Å²) in [5.74, 6) is -0.283. The third-order valence-electron chi connectivity index (χ3n) is 3.87. The summed E-state index contributed by atoms with van der Waals surface area (Å²) in [6.45, 7) is 3.55. The molecule has 0 aliphatic carbocycles. The van der Waals surface area contributed by atoms with Gasteiger partial charge in [0.05, 0.1) is 17.8 Å². The average Bonchev–Trinajstić information content (AvgIpc) is 3.01. The Kier molecular flexibility index (Phi) is 8.17. The second kappa shape index (κ2) is 9.43. The summed E-state index contributed by atoms with van der Waals surface area (Å²) in [4.78, 5) is 12.1. The average molecular weight is 397 g/mol. The lowest BCUT2D eigenvalue weighted by molar-refractivity contribution is -0.139. The number of amides is 1. The number of rotatable bonds is 6. The van der Waals surface area contributed by atoms with Crippen LogP contribution in [-0.4, -0.2) is 30.8 Å². The topological polar surface area (TPSA) is 73.6 Å². The van der Waals surface area contributed by atoms with E-state index in [9.17, 15) is 18.0 Å². The van der Waals surface area contributed by atoms with E-state index in [-0.39, 0.29) is 42.5 Å². The van der Waals surface area contributed by atoms with Crippen LogP contribution in [0.1, 0.15) is 37.8 Å². The van der Waals surface area contributed by atoms with Gasteiger partial charge in [0, 0.05) is 13.1 Å². The summed E-state index contributed by atoms with van der Waals surface area (Å²) in [6, 6.07) is 3.74. The van der Waals surface area contributed by atoms with E-state index in [1.165, 1.54) is 12.1 Å². The van der Waals surface area contributed by atoms with Gasteiger partial charge in [-0.1, -0.05) is 6.07 Å². The van der Waals surface area contributed by atoms with Crippen LogP contribution < -0.4 is 15.8 Å². The second-order valence-electron chi connectivity index (χ2n) is 6.26. The van der Waals surface area contributed by atoms with Crippen molar-refractivity contribution in [2.24, 2.45) is 5.73 Å². The maximum absolute atomic E-state index is 13.3. The lowest BCUT2D eigenvalue weighted by Crippen LogP contribution is -2.35. The molecule has 0 spiro atoms. The SMILES string of the molecule is CC(C)Oc1ccc(CNC(=O)[C@@H]2CC[C@H](CN)O2)c(C(F)(F)F)c1.Cl. The van der Waals surface area contributed by atoms with Gasteiger partial charge in [-0.25, -0.2) is 0 Å². The Labute approximate surface area is 156 Å². The van der Waals surface area contributed by atoms with Crippen molar-refractivity contribution in [2.75, 3.05) is 6.54 Å². The third-order valence-corrected chi connectivity index (χ3v) is 3.87. The molecule has 1 saturated heterocycles. The number of nitrogens with one attached hydrogen (secondary N) is 1. The predicted octanol–water partition coefficient (Wildman–Crippen LogP) is 3.04. The minimum atomic E-state index is -4.54. The molecule has 1 amide bonds. The molecule has 0 radical (unpaired) electrons. The molecule has 9 heteroatoms. The maximum atomic E-state index is 13.3. The second-order valence-corrected chi connectivity index (χ2v) is 6.26. The van der Waals surface area contributed by atoms with Crippen LogP contribution in [0.25, 0.3) is 0 Å². The van der Waals surface area contributed by atoms with Crippen molar-refractivity contribution in [3.8, 4) is 5.75 Å². The minimum absolute atomic E-state index is 0. The van der Waals surface area contributed by atoms with E-state index in [0.717, 1.165) is 6.07 Å². The molecular weight excluding hydrogens is 373 g/mol. The quantitative estimate of drug-likeness (QED) is 0.775. The van der Waals surface area contributed by atoms with E-state index in [2.05, 4.69) is 5.32 Å². The van der Waals surface area contributed by atoms with Crippen molar-refractivity contribution >= 4 is 18.3 Å². The highest BCUT2D eigenvalue weighted by Gasteiger charge is 2.34. The molecule has 1 fully saturated rings. The number of hydrogen-bond acceptors (Lipinski definition) is 4. The Bertz CT molecular complexity index is 611. The standard InChI is InChI=1S/C17H23F3N2O3.ClH/c1-10(2)24-12-4-3-11(14(7-12)17(18,19)20)9-22-16(23)15-6-5-13(8-21)25-15;/h3-4,7,10,13,15H,5-6,8-9,21H2,1-2H3,(H,22,23);1H/t13-,15+;/m1./s1. The Morgan fingerprint density at radius 3 is 2.62 bits per heavy atom. The van der Waals surface area contributed by atoms with Crippen LogP contribution in [0.3, 0.4) is 0 Å². The summed E-state index contributed by atoms with van der Waals surface area (Å²) in [5.41, 5.74) is 4.64. The lowest BCUT2D eigenvalue weighted by Gasteiger charge is -2.18. The first-order valence-electron chi connectivity index (χ1n) is 8.20. The molecule has 0 unspecified atom stereocenters. The molecule has 26 heavy (non-hydrogen) atoms. The van der Waals surface area contributed by atoms with Crippen molar-refractivity contribution in [3.63, 3.8) is 0 Å². The molecule has 2 rings (SSSR count). The highest BCUT2D eigenvalue weighted by Crippen LogP contribution is 2.34. The van der Waals surface area contributed by atoms with Gasteiger partial charge < -0.3 is 20.5 Å². The van der Waals surface area contributed by atoms with Crippen LogP contribution in [0.15, 0.2) is 18.2 Å². The van der Waals surface area contributed by atoms with E-state index >= 15 is 0 Å². The van der Waals surface area contributed by atoms with Crippen molar-refractivity contribution in [1.82, 2.24) is 5.32 Å². The summed E-state index contributed by atoms with van der Waals surface area (Å²) in [6.07, 6.45) is -4.42. The van der Waals surface area contributed by atoms with Gasteiger partial charge in [-0.3, -0.25) is 4.79 Å². The number of carbonyl (C=O) groups excluding carboxylic acids is 1. The molecule has 2 atom stereocenters. The zero-order valence-corrected chi connectivity index (χ0v) is 15.5. The number of nitrogens with two attached hydrogens (primary N) is 1. The predicted molar refractivity (Wildman–Crippen MR) is 93.3 cm³/mol. The van der Waals surface area contributed by atoms with E-state index in [1.807, 2.05) is 0 Å². The van der Waals surface area contributed by atoms with Crippen LogP contribution in [0.2, 0.25) is 0 Å². The fourth-order valence-corrected chi connectivity index (χ4v) is 2.69. The molecule has 1 heterocycles. The van der Waals surface area contributed by atoms with Gasteiger partial charge in [0.2, 0.25) is 5.91 Å². The molecule has 0 bridgehead atoms. The summed E-state index contributed by atoms with van der Waals surface area (Å²) in [5, 5.41) is 2.51. The molecule has 1 aromatic carbocycles. The Balaban J connectivity index is 0.00000338. The molecule has 3 N–H and O–H groups in total. The highest BCUT2D eigenvalue weighted by atomic mass is 35.5. The van der Waals surface area contributed by atoms with Gasteiger partial charge in [-0.15, -0.1) is 12.4 Å². The van der Waals surface area contributed by atoms with Gasteiger partial charge in [-0.2, -0.15) is 13.2 Å². The smallest absolute Gasteiger partial charge is 0.416 e.